The summed E-state index contributed by atoms with van der Waals surface area (Å²) >= 11 is 0. The Kier molecular flexibility index (Phi) is 6.69. The van der Waals surface area contributed by atoms with Gasteiger partial charge in [-0.3, -0.25) is 9.78 Å². The van der Waals surface area contributed by atoms with E-state index in [4.69, 9.17) is 9.15 Å². The number of anilines is 1. The molecule has 0 saturated carbocycles. The maximum Gasteiger partial charge on any atom is 0.314 e. The number of halogens is 2. The molecule has 1 N–H and O–H groups in total. The van der Waals surface area contributed by atoms with Crippen LogP contribution < -0.4 is 15.0 Å². The maximum atomic E-state index is 12.6. The number of nitrogens with one attached hydrogen (secondary N) is 1. The Bertz CT molecular complexity index is 1050. The van der Waals surface area contributed by atoms with Crippen LogP contribution in [-0.2, 0) is 11.3 Å². The Hall–Kier alpha value is -3.40. The van der Waals surface area contributed by atoms with Crippen molar-refractivity contribution in [3.63, 3.8) is 0 Å². The molecular formula is C22H23F2N5O3. The standard InChI is InChI=1S/C22H23F2N5O3/c1-31-19-10-15(14-6-8-25-9-7-14)3-5-18(19)29(13-30)12-17-4-2-16(11-26-17)21-27-28-22(32-21)20(23)24/h2-5,10-11,13-14,20,25H,6-9,12H2,1H3. The highest BCUT2D eigenvalue weighted by Gasteiger charge is 2.20. The number of rotatable bonds is 8. The van der Waals surface area contributed by atoms with E-state index in [9.17, 15) is 13.6 Å². The number of alkyl halides is 2. The molecule has 168 valence electrons. The van der Waals surface area contributed by atoms with Gasteiger partial charge in [0.25, 0.3) is 5.89 Å². The summed E-state index contributed by atoms with van der Waals surface area (Å²) in [6, 6.07) is 9.23. The first-order valence-corrected chi connectivity index (χ1v) is 10.3. The van der Waals surface area contributed by atoms with Crippen LogP contribution in [0.4, 0.5) is 14.5 Å². The zero-order valence-electron chi connectivity index (χ0n) is 17.5. The van der Waals surface area contributed by atoms with Crippen LogP contribution in [0.25, 0.3) is 11.5 Å². The van der Waals surface area contributed by atoms with E-state index in [0.29, 0.717) is 28.6 Å². The summed E-state index contributed by atoms with van der Waals surface area (Å²) < 4.78 is 35.8. The number of aromatic nitrogens is 3. The minimum atomic E-state index is -2.83. The lowest BCUT2D eigenvalue weighted by Gasteiger charge is -2.25. The molecule has 2 aromatic heterocycles. The first kappa shape index (κ1) is 21.8. The first-order valence-electron chi connectivity index (χ1n) is 10.3. The lowest BCUT2D eigenvalue weighted by atomic mass is 9.90. The number of nitrogens with zero attached hydrogens (tertiary/aromatic N) is 4. The van der Waals surface area contributed by atoms with Gasteiger partial charge in [-0.1, -0.05) is 6.07 Å². The molecule has 10 heteroatoms. The number of amides is 1. The third-order valence-electron chi connectivity index (χ3n) is 5.48. The summed E-state index contributed by atoms with van der Waals surface area (Å²) in [7, 11) is 1.58. The zero-order valence-corrected chi connectivity index (χ0v) is 17.5. The van der Waals surface area contributed by atoms with Crippen molar-refractivity contribution in [2.75, 3.05) is 25.1 Å². The fourth-order valence-corrected chi connectivity index (χ4v) is 3.78. The van der Waals surface area contributed by atoms with E-state index in [0.717, 1.165) is 32.3 Å². The molecule has 0 spiro atoms. The SMILES string of the molecule is COc1cc(C2CCNCC2)ccc1N(C=O)Cc1ccc(-c2nnc(C(F)F)o2)cn1. The third kappa shape index (κ3) is 4.75. The fraction of sp³-hybridized carbons (Fsp3) is 0.364. The van der Waals surface area contributed by atoms with E-state index in [-0.39, 0.29) is 12.4 Å². The molecule has 0 atom stereocenters. The van der Waals surface area contributed by atoms with Gasteiger partial charge < -0.3 is 19.4 Å². The van der Waals surface area contributed by atoms with Gasteiger partial charge in [0.05, 0.1) is 30.6 Å². The minimum absolute atomic E-state index is 0.0400. The monoisotopic (exact) mass is 443 g/mol. The summed E-state index contributed by atoms with van der Waals surface area (Å²) in [5.41, 5.74) is 2.85. The summed E-state index contributed by atoms with van der Waals surface area (Å²) in [6.07, 6.45) is 1.47. The third-order valence-corrected chi connectivity index (χ3v) is 5.48. The van der Waals surface area contributed by atoms with E-state index in [1.165, 1.54) is 16.7 Å². The van der Waals surface area contributed by atoms with Gasteiger partial charge in [0.15, 0.2) is 0 Å². The largest absolute Gasteiger partial charge is 0.495 e. The second-order valence-electron chi connectivity index (χ2n) is 7.47. The van der Waals surface area contributed by atoms with Crippen molar-refractivity contribution in [2.24, 2.45) is 0 Å². The van der Waals surface area contributed by atoms with Gasteiger partial charge in [-0.2, -0.15) is 8.78 Å². The number of piperidine rings is 1. The molecule has 3 heterocycles. The molecule has 0 aliphatic carbocycles. The predicted octanol–water partition coefficient (Wildman–Crippen LogP) is 3.71. The van der Waals surface area contributed by atoms with Gasteiger partial charge in [-0.05, 0) is 61.7 Å². The number of carbonyl (C=O) groups is 1. The van der Waals surface area contributed by atoms with Crippen molar-refractivity contribution in [1.29, 1.82) is 0 Å². The molecule has 0 radical (unpaired) electrons. The van der Waals surface area contributed by atoms with Gasteiger partial charge in [0.1, 0.15) is 5.75 Å². The normalized spacial score (nSPS) is 14.5. The van der Waals surface area contributed by atoms with Crippen LogP contribution in [0.3, 0.4) is 0 Å². The molecule has 1 aromatic carbocycles. The number of methoxy groups -OCH3 is 1. The number of ether oxygens (including phenoxy) is 1. The molecule has 1 saturated heterocycles. The highest BCUT2D eigenvalue weighted by molar-refractivity contribution is 5.79. The van der Waals surface area contributed by atoms with Gasteiger partial charge >= 0.3 is 6.43 Å². The lowest BCUT2D eigenvalue weighted by molar-refractivity contribution is -0.107. The molecule has 8 nitrogen and oxygen atoms in total. The molecule has 4 rings (SSSR count). The van der Waals surface area contributed by atoms with Crippen LogP contribution in [0.5, 0.6) is 5.75 Å². The highest BCUT2D eigenvalue weighted by atomic mass is 19.3. The van der Waals surface area contributed by atoms with Crippen molar-refractivity contribution in [3.05, 3.63) is 53.7 Å². The molecule has 0 bridgehead atoms. The van der Waals surface area contributed by atoms with Gasteiger partial charge in [0.2, 0.25) is 12.3 Å². The molecule has 1 aliphatic heterocycles. The second kappa shape index (κ2) is 9.82. The van der Waals surface area contributed by atoms with E-state index < -0.39 is 12.3 Å². The summed E-state index contributed by atoms with van der Waals surface area (Å²) in [4.78, 5) is 17.7. The van der Waals surface area contributed by atoms with Gasteiger partial charge in [-0.25, -0.2) is 0 Å². The Labute approximate surface area is 183 Å². The maximum absolute atomic E-state index is 12.6. The molecule has 32 heavy (non-hydrogen) atoms. The van der Waals surface area contributed by atoms with Gasteiger partial charge in [0, 0.05) is 6.20 Å². The van der Waals surface area contributed by atoms with Crippen molar-refractivity contribution in [1.82, 2.24) is 20.5 Å². The number of carbonyl (C=O) groups excluding carboxylic acids is 1. The molecular weight excluding hydrogens is 420 g/mol. The highest BCUT2D eigenvalue weighted by Crippen LogP contribution is 2.34. The van der Waals surface area contributed by atoms with Crippen LogP contribution >= 0.6 is 0 Å². The van der Waals surface area contributed by atoms with E-state index in [1.807, 2.05) is 18.2 Å². The van der Waals surface area contributed by atoms with Crippen molar-refractivity contribution >= 4 is 12.1 Å². The quantitative estimate of drug-likeness (QED) is 0.531. The van der Waals surface area contributed by atoms with Crippen molar-refractivity contribution in [2.45, 2.75) is 31.7 Å². The Morgan fingerprint density at radius 3 is 2.69 bits per heavy atom. The molecule has 1 aliphatic rings. The Balaban J connectivity index is 1.50. The molecule has 1 amide bonds. The van der Waals surface area contributed by atoms with Crippen molar-refractivity contribution < 1.29 is 22.7 Å². The summed E-state index contributed by atoms with van der Waals surface area (Å²) in [5, 5.41) is 10.3. The van der Waals surface area contributed by atoms with Crippen molar-refractivity contribution in [3.8, 4) is 17.2 Å². The van der Waals surface area contributed by atoms with Crippen LogP contribution in [0.1, 0.15) is 42.3 Å². The van der Waals surface area contributed by atoms with E-state index in [2.05, 4.69) is 20.5 Å². The van der Waals surface area contributed by atoms with E-state index in [1.54, 1.807) is 19.2 Å². The summed E-state index contributed by atoms with van der Waals surface area (Å²) in [5.74, 6) is 0.307. The summed E-state index contributed by atoms with van der Waals surface area (Å²) in [6.45, 7) is 2.19. The fourth-order valence-electron chi connectivity index (χ4n) is 3.78. The Morgan fingerprint density at radius 2 is 2.06 bits per heavy atom. The number of pyridine rings is 1. The van der Waals surface area contributed by atoms with Crippen LogP contribution in [0.15, 0.2) is 40.9 Å². The van der Waals surface area contributed by atoms with Crippen LogP contribution in [0, 0.1) is 0 Å². The number of benzene rings is 1. The zero-order chi connectivity index (χ0) is 22.5. The molecule has 1 fully saturated rings. The number of hydrogen-bond donors (Lipinski definition) is 1. The smallest absolute Gasteiger partial charge is 0.314 e. The van der Waals surface area contributed by atoms with Crippen LogP contribution in [0.2, 0.25) is 0 Å². The average molecular weight is 443 g/mol. The number of hydrogen-bond acceptors (Lipinski definition) is 7. The molecule has 3 aromatic rings. The second-order valence-corrected chi connectivity index (χ2v) is 7.47. The first-order chi connectivity index (χ1) is 15.6. The lowest BCUT2D eigenvalue weighted by Crippen LogP contribution is -2.26. The van der Waals surface area contributed by atoms with Crippen LogP contribution in [-0.4, -0.2) is 41.8 Å². The topological polar surface area (TPSA) is 93.4 Å². The molecule has 0 unspecified atom stereocenters. The van der Waals surface area contributed by atoms with E-state index >= 15 is 0 Å². The minimum Gasteiger partial charge on any atom is -0.495 e. The Morgan fingerprint density at radius 1 is 1.25 bits per heavy atom. The predicted molar refractivity (Wildman–Crippen MR) is 113 cm³/mol. The average Bonchev–Trinajstić information content (AvgIpc) is 3.34. The van der Waals surface area contributed by atoms with Gasteiger partial charge in [-0.15, -0.1) is 10.2 Å².